The average Bonchev–Trinajstić information content (AvgIpc) is 3.10. The number of aliphatic hydroxyl groups excluding tert-OH is 1. The summed E-state index contributed by atoms with van der Waals surface area (Å²) in [7, 11) is 1.63. The molecule has 0 radical (unpaired) electrons. The number of rotatable bonds is 8. The van der Waals surface area contributed by atoms with Crippen molar-refractivity contribution in [2.24, 2.45) is 0 Å². The van der Waals surface area contributed by atoms with E-state index in [1.54, 1.807) is 7.11 Å². The SMILES string of the molecule is COc1ccc([C@@H](O)CNCc2cnn(Cc3ccccc3)c2)cc1. The zero-order valence-electron chi connectivity index (χ0n) is 14.3. The van der Waals surface area contributed by atoms with Crippen LogP contribution in [0, 0.1) is 0 Å². The molecule has 0 saturated heterocycles. The van der Waals surface area contributed by atoms with E-state index in [9.17, 15) is 5.11 Å². The highest BCUT2D eigenvalue weighted by Crippen LogP contribution is 2.17. The summed E-state index contributed by atoms with van der Waals surface area (Å²) in [6.45, 7) is 1.91. The van der Waals surface area contributed by atoms with E-state index in [1.165, 1.54) is 5.56 Å². The van der Waals surface area contributed by atoms with E-state index in [4.69, 9.17) is 4.74 Å². The van der Waals surface area contributed by atoms with E-state index in [0.29, 0.717) is 13.1 Å². The Morgan fingerprint density at radius 1 is 1.08 bits per heavy atom. The average molecular weight is 337 g/mol. The molecule has 5 nitrogen and oxygen atoms in total. The molecule has 3 rings (SSSR count). The maximum absolute atomic E-state index is 10.2. The standard InChI is InChI=1S/C20H23N3O2/c1-25-19-9-7-18(8-10-19)20(24)13-21-11-17-12-22-23(15-17)14-16-5-3-2-4-6-16/h2-10,12,15,20-21,24H,11,13-14H2,1H3/t20-/m0/s1. The van der Waals surface area contributed by atoms with Crippen LogP contribution in [0.2, 0.25) is 0 Å². The fourth-order valence-electron chi connectivity index (χ4n) is 2.65. The number of methoxy groups -OCH3 is 1. The van der Waals surface area contributed by atoms with E-state index in [-0.39, 0.29) is 0 Å². The first kappa shape index (κ1) is 17.2. The van der Waals surface area contributed by atoms with Crippen molar-refractivity contribution in [1.82, 2.24) is 15.1 Å². The maximum Gasteiger partial charge on any atom is 0.118 e. The Kier molecular flexibility index (Phi) is 5.82. The Balaban J connectivity index is 1.47. The van der Waals surface area contributed by atoms with E-state index in [1.807, 2.05) is 59.5 Å². The zero-order chi connectivity index (χ0) is 17.5. The summed E-state index contributed by atoms with van der Waals surface area (Å²) in [5, 5.41) is 17.9. The molecule has 0 aliphatic carbocycles. The number of hydrogen-bond acceptors (Lipinski definition) is 4. The Hall–Kier alpha value is -2.63. The number of benzene rings is 2. The van der Waals surface area contributed by atoms with Crippen LogP contribution >= 0.6 is 0 Å². The third-order valence-corrected chi connectivity index (χ3v) is 4.04. The molecule has 3 aromatic rings. The lowest BCUT2D eigenvalue weighted by Gasteiger charge is -2.12. The van der Waals surface area contributed by atoms with Gasteiger partial charge in [0, 0.05) is 24.8 Å². The number of nitrogens with zero attached hydrogens (tertiary/aromatic N) is 2. The van der Waals surface area contributed by atoms with Gasteiger partial charge in [-0.2, -0.15) is 5.10 Å². The Morgan fingerprint density at radius 2 is 1.84 bits per heavy atom. The molecule has 1 heterocycles. The lowest BCUT2D eigenvalue weighted by molar-refractivity contribution is 0.174. The lowest BCUT2D eigenvalue weighted by Crippen LogP contribution is -2.20. The third-order valence-electron chi connectivity index (χ3n) is 4.04. The molecule has 25 heavy (non-hydrogen) atoms. The van der Waals surface area contributed by atoms with Crippen molar-refractivity contribution in [3.8, 4) is 5.75 Å². The second kappa shape index (κ2) is 8.46. The van der Waals surface area contributed by atoms with E-state index in [2.05, 4.69) is 22.5 Å². The first-order valence-electron chi connectivity index (χ1n) is 8.32. The van der Waals surface area contributed by atoms with Crippen molar-refractivity contribution < 1.29 is 9.84 Å². The lowest BCUT2D eigenvalue weighted by atomic mass is 10.1. The zero-order valence-corrected chi connectivity index (χ0v) is 14.3. The van der Waals surface area contributed by atoms with E-state index < -0.39 is 6.10 Å². The van der Waals surface area contributed by atoms with Gasteiger partial charge in [-0.1, -0.05) is 42.5 Å². The Morgan fingerprint density at radius 3 is 2.56 bits per heavy atom. The van der Waals surface area contributed by atoms with Crippen molar-refractivity contribution >= 4 is 0 Å². The monoisotopic (exact) mass is 337 g/mol. The Bertz CT molecular complexity index is 769. The molecule has 0 aliphatic rings. The minimum Gasteiger partial charge on any atom is -0.497 e. The van der Waals surface area contributed by atoms with Crippen LogP contribution in [-0.2, 0) is 13.1 Å². The molecule has 1 atom stereocenters. The molecular formula is C20H23N3O2. The van der Waals surface area contributed by atoms with Crippen molar-refractivity contribution in [2.75, 3.05) is 13.7 Å². The topological polar surface area (TPSA) is 59.3 Å². The third kappa shape index (κ3) is 4.92. The fourth-order valence-corrected chi connectivity index (χ4v) is 2.65. The van der Waals surface area contributed by atoms with Crippen molar-refractivity contribution in [3.63, 3.8) is 0 Å². The second-order valence-electron chi connectivity index (χ2n) is 5.95. The van der Waals surface area contributed by atoms with E-state index in [0.717, 1.165) is 23.4 Å². The smallest absolute Gasteiger partial charge is 0.118 e. The van der Waals surface area contributed by atoms with Gasteiger partial charge in [0.25, 0.3) is 0 Å². The van der Waals surface area contributed by atoms with Gasteiger partial charge in [0.15, 0.2) is 0 Å². The van der Waals surface area contributed by atoms with Gasteiger partial charge in [-0.3, -0.25) is 4.68 Å². The van der Waals surface area contributed by atoms with Gasteiger partial charge in [-0.05, 0) is 23.3 Å². The molecule has 130 valence electrons. The van der Waals surface area contributed by atoms with Crippen LogP contribution in [0.3, 0.4) is 0 Å². The molecule has 0 amide bonds. The first-order valence-corrected chi connectivity index (χ1v) is 8.32. The van der Waals surface area contributed by atoms with Crippen LogP contribution < -0.4 is 10.1 Å². The van der Waals surface area contributed by atoms with Gasteiger partial charge >= 0.3 is 0 Å². The van der Waals surface area contributed by atoms with Gasteiger partial charge in [0.1, 0.15) is 5.75 Å². The summed E-state index contributed by atoms with van der Waals surface area (Å²) >= 11 is 0. The molecule has 2 N–H and O–H groups in total. The van der Waals surface area contributed by atoms with E-state index >= 15 is 0 Å². The van der Waals surface area contributed by atoms with Crippen LogP contribution in [0.15, 0.2) is 67.0 Å². The van der Waals surface area contributed by atoms with Crippen LogP contribution in [-0.4, -0.2) is 28.5 Å². The molecule has 0 saturated carbocycles. The molecule has 5 heteroatoms. The molecule has 0 aliphatic heterocycles. The largest absolute Gasteiger partial charge is 0.497 e. The molecular weight excluding hydrogens is 314 g/mol. The van der Waals surface area contributed by atoms with Crippen molar-refractivity contribution in [1.29, 1.82) is 0 Å². The van der Waals surface area contributed by atoms with Crippen molar-refractivity contribution in [3.05, 3.63) is 83.7 Å². The number of aliphatic hydroxyl groups is 1. The summed E-state index contributed by atoms with van der Waals surface area (Å²) in [6, 6.07) is 17.7. The molecule has 0 fully saturated rings. The molecule has 0 spiro atoms. The Labute approximate surface area is 147 Å². The molecule has 0 bridgehead atoms. The van der Waals surface area contributed by atoms with Crippen LogP contribution in [0.5, 0.6) is 5.75 Å². The van der Waals surface area contributed by atoms with Gasteiger partial charge < -0.3 is 15.2 Å². The summed E-state index contributed by atoms with van der Waals surface area (Å²) in [5.74, 6) is 0.787. The highest BCUT2D eigenvalue weighted by atomic mass is 16.5. The summed E-state index contributed by atoms with van der Waals surface area (Å²) in [6.07, 6.45) is 3.33. The van der Waals surface area contributed by atoms with Crippen LogP contribution in [0.25, 0.3) is 0 Å². The predicted molar refractivity (Wildman–Crippen MR) is 97.4 cm³/mol. The van der Waals surface area contributed by atoms with Gasteiger partial charge in [-0.15, -0.1) is 0 Å². The predicted octanol–water partition coefficient (Wildman–Crippen LogP) is 2.76. The highest BCUT2D eigenvalue weighted by Gasteiger charge is 2.07. The van der Waals surface area contributed by atoms with Crippen LogP contribution in [0.4, 0.5) is 0 Å². The number of nitrogens with one attached hydrogen (secondary N) is 1. The first-order chi connectivity index (χ1) is 12.2. The molecule has 2 aromatic carbocycles. The van der Waals surface area contributed by atoms with Gasteiger partial charge in [0.2, 0.25) is 0 Å². The molecule has 1 aromatic heterocycles. The fraction of sp³-hybridized carbons (Fsp3) is 0.250. The minimum atomic E-state index is -0.551. The van der Waals surface area contributed by atoms with Gasteiger partial charge in [0.05, 0.1) is 26.0 Å². The molecule has 0 unspecified atom stereocenters. The number of hydrogen-bond donors (Lipinski definition) is 2. The quantitative estimate of drug-likeness (QED) is 0.664. The number of ether oxygens (including phenoxy) is 1. The minimum absolute atomic E-state index is 0.482. The summed E-state index contributed by atoms with van der Waals surface area (Å²) < 4.78 is 7.05. The summed E-state index contributed by atoms with van der Waals surface area (Å²) in [5.41, 5.74) is 3.19. The highest BCUT2D eigenvalue weighted by molar-refractivity contribution is 5.28. The second-order valence-corrected chi connectivity index (χ2v) is 5.95. The number of aromatic nitrogens is 2. The normalized spacial score (nSPS) is 12.1. The van der Waals surface area contributed by atoms with Crippen LogP contribution in [0.1, 0.15) is 22.8 Å². The summed E-state index contributed by atoms with van der Waals surface area (Å²) in [4.78, 5) is 0. The maximum atomic E-state index is 10.2. The van der Waals surface area contributed by atoms with Crippen molar-refractivity contribution in [2.45, 2.75) is 19.2 Å². The van der Waals surface area contributed by atoms with Gasteiger partial charge in [-0.25, -0.2) is 0 Å².